The fourth-order valence-electron chi connectivity index (χ4n) is 3.61. The Morgan fingerprint density at radius 1 is 1.24 bits per heavy atom. The molecule has 0 spiro atoms. The zero-order valence-electron chi connectivity index (χ0n) is 15.4. The lowest BCUT2D eigenvalue weighted by Gasteiger charge is -2.24. The van der Waals surface area contributed by atoms with Crippen LogP contribution in [-0.4, -0.2) is 42.7 Å². The number of carbonyl (C=O) groups is 1. The van der Waals surface area contributed by atoms with Crippen molar-refractivity contribution in [1.82, 2.24) is 4.90 Å². The molecular weight excluding hydrogens is 413 g/mol. The fraction of sp³-hybridized carbons (Fsp3) is 0.300. The number of nitrogens with zero attached hydrogens (tertiary/aromatic N) is 3. The van der Waals surface area contributed by atoms with Gasteiger partial charge in [-0.05, 0) is 60.5 Å². The highest BCUT2D eigenvalue weighted by Crippen LogP contribution is 2.42. The van der Waals surface area contributed by atoms with Crippen LogP contribution < -0.4 is 4.90 Å². The normalized spacial score (nSPS) is 19.3. The molecule has 2 aliphatic heterocycles. The van der Waals surface area contributed by atoms with Crippen molar-refractivity contribution in [1.29, 1.82) is 0 Å². The van der Waals surface area contributed by atoms with Crippen molar-refractivity contribution < 1.29 is 17.6 Å². The van der Waals surface area contributed by atoms with Crippen molar-refractivity contribution in [3.8, 4) is 0 Å². The van der Waals surface area contributed by atoms with Gasteiger partial charge >= 0.3 is 0 Å². The Labute approximate surface area is 172 Å². The van der Waals surface area contributed by atoms with Gasteiger partial charge < -0.3 is 9.80 Å². The smallest absolute Gasteiger partial charge is 0.257 e. The molecule has 9 heteroatoms. The van der Waals surface area contributed by atoms with E-state index in [1.54, 1.807) is 23.1 Å². The quantitative estimate of drug-likeness (QED) is 0.743. The molecule has 1 fully saturated rings. The molecule has 0 bridgehead atoms. The number of carbonyl (C=O) groups excluding carboxylic acids is 1. The van der Waals surface area contributed by atoms with Gasteiger partial charge in [0.2, 0.25) is 0 Å². The van der Waals surface area contributed by atoms with Crippen LogP contribution in [0, 0.1) is 5.82 Å². The topological polar surface area (TPSA) is 70.0 Å². The second-order valence-electron chi connectivity index (χ2n) is 7.39. The lowest BCUT2D eigenvalue weighted by Crippen LogP contribution is -2.35. The average Bonchev–Trinajstić information content (AvgIpc) is 3.45. The molecule has 29 heavy (non-hydrogen) atoms. The van der Waals surface area contributed by atoms with Crippen LogP contribution in [0.25, 0.3) is 0 Å². The van der Waals surface area contributed by atoms with Gasteiger partial charge in [-0.2, -0.15) is 0 Å². The van der Waals surface area contributed by atoms with Gasteiger partial charge in [-0.1, -0.05) is 12.1 Å². The monoisotopic (exact) mass is 431 g/mol. The molecule has 2 aromatic carbocycles. The molecule has 150 valence electrons. The Hall–Kier alpha value is -2.39. The average molecular weight is 432 g/mol. The second kappa shape index (κ2) is 6.84. The summed E-state index contributed by atoms with van der Waals surface area (Å²) >= 11 is 1.27. The Morgan fingerprint density at radius 2 is 2.07 bits per heavy atom. The number of hydrogen-bond donors (Lipinski definition) is 0. The van der Waals surface area contributed by atoms with Crippen molar-refractivity contribution in [2.45, 2.75) is 30.3 Å². The van der Waals surface area contributed by atoms with Crippen LogP contribution in [0.5, 0.6) is 0 Å². The maximum atomic E-state index is 13.5. The molecule has 1 saturated carbocycles. The first-order valence-corrected chi connectivity index (χ1v) is 11.8. The van der Waals surface area contributed by atoms with Crippen LogP contribution in [0.3, 0.4) is 0 Å². The Kier molecular flexibility index (Phi) is 4.40. The molecule has 1 aliphatic carbocycles. The van der Waals surface area contributed by atoms with E-state index in [1.165, 1.54) is 23.9 Å². The van der Waals surface area contributed by atoms with Crippen molar-refractivity contribution in [2.24, 2.45) is 4.40 Å². The predicted molar refractivity (Wildman–Crippen MR) is 110 cm³/mol. The second-order valence-corrected chi connectivity index (χ2v) is 10.2. The van der Waals surface area contributed by atoms with Crippen LogP contribution in [0.15, 0.2) is 51.8 Å². The molecule has 0 unspecified atom stereocenters. The van der Waals surface area contributed by atoms with Gasteiger partial charge in [0.05, 0.1) is 11.4 Å². The van der Waals surface area contributed by atoms with Crippen molar-refractivity contribution in [2.75, 3.05) is 17.2 Å². The van der Waals surface area contributed by atoms with Crippen LogP contribution >= 0.6 is 11.8 Å². The standard InChI is InChI=1S/C20H18FN3O3S2/c21-15-3-1-2-13(10-15)12-24(16-5-6-16)19(25)14-4-7-17-18(11-14)28-20-22-29(26,27)9-8-23(17)20/h1-4,7,10-11,16H,5-6,8-9,12H2. The maximum Gasteiger partial charge on any atom is 0.257 e. The van der Waals surface area contributed by atoms with Crippen LogP contribution in [0.4, 0.5) is 10.1 Å². The number of thioether (sulfide) groups is 1. The molecule has 0 radical (unpaired) electrons. The zero-order chi connectivity index (χ0) is 20.2. The molecular formula is C20H18FN3O3S2. The first kappa shape index (κ1) is 18.6. The molecule has 0 N–H and O–H groups in total. The Bertz CT molecular complexity index is 1150. The van der Waals surface area contributed by atoms with E-state index in [0.29, 0.717) is 23.8 Å². The van der Waals surface area contributed by atoms with Crippen LogP contribution in [0.2, 0.25) is 0 Å². The first-order valence-electron chi connectivity index (χ1n) is 9.37. The summed E-state index contributed by atoms with van der Waals surface area (Å²) in [6, 6.07) is 11.9. The number of amides is 1. The summed E-state index contributed by atoms with van der Waals surface area (Å²) in [5, 5.41) is 0.439. The van der Waals surface area contributed by atoms with E-state index in [4.69, 9.17) is 0 Å². The molecule has 2 aromatic rings. The minimum atomic E-state index is -3.42. The molecule has 0 atom stereocenters. The third-order valence-electron chi connectivity index (χ3n) is 5.21. The highest BCUT2D eigenvalue weighted by atomic mass is 32.2. The summed E-state index contributed by atoms with van der Waals surface area (Å²) in [5.74, 6) is -0.424. The van der Waals surface area contributed by atoms with Gasteiger partial charge in [-0.3, -0.25) is 4.79 Å². The van der Waals surface area contributed by atoms with E-state index in [1.807, 2.05) is 17.0 Å². The lowest BCUT2D eigenvalue weighted by atomic mass is 10.1. The molecule has 0 saturated heterocycles. The fourth-order valence-corrected chi connectivity index (χ4v) is 5.91. The van der Waals surface area contributed by atoms with E-state index >= 15 is 0 Å². The van der Waals surface area contributed by atoms with E-state index in [2.05, 4.69) is 4.40 Å². The number of fused-ring (bicyclic) bond motifs is 3. The number of hydrogen-bond acceptors (Lipinski definition) is 5. The van der Waals surface area contributed by atoms with E-state index in [9.17, 15) is 17.6 Å². The first-order chi connectivity index (χ1) is 13.9. The third-order valence-corrected chi connectivity index (χ3v) is 7.52. The van der Waals surface area contributed by atoms with E-state index in [0.717, 1.165) is 29.0 Å². The highest BCUT2D eigenvalue weighted by molar-refractivity contribution is 8.15. The molecule has 1 amide bonds. The molecule has 0 aromatic heterocycles. The molecule has 2 heterocycles. The predicted octanol–water partition coefficient (Wildman–Crippen LogP) is 3.24. The summed E-state index contributed by atoms with van der Waals surface area (Å²) in [4.78, 5) is 17.7. The number of anilines is 1. The number of halogens is 1. The van der Waals surface area contributed by atoms with Gasteiger partial charge in [-0.25, -0.2) is 12.8 Å². The van der Waals surface area contributed by atoms with Gasteiger partial charge in [0.25, 0.3) is 15.9 Å². The summed E-state index contributed by atoms with van der Waals surface area (Å²) in [6.07, 6.45) is 1.90. The number of amidine groups is 1. The van der Waals surface area contributed by atoms with Crippen molar-refractivity contribution in [3.63, 3.8) is 0 Å². The minimum Gasteiger partial charge on any atom is -0.331 e. The van der Waals surface area contributed by atoms with E-state index in [-0.39, 0.29) is 23.5 Å². The van der Waals surface area contributed by atoms with Gasteiger partial charge in [0, 0.05) is 29.6 Å². The van der Waals surface area contributed by atoms with Gasteiger partial charge in [-0.15, -0.1) is 4.40 Å². The summed E-state index contributed by atoms with van der Waals surface area (Å²) in [6.45, 7) is 0.727. The van der Waals surface area contributed by atoms with Gasteiger partial charge in [0.1, 0.15) is 5.82 Å². The summed E-state index contributed by atoms with van der Waals surface area (Å²) < 4.78 is 40.9. The Morgan fingerprint density at radius 3 is 2.83 bits per heavy atom. The third kappa shape index (κ3) is 3.64. The maximum absolute atomic E-state index is 13.5. The number of rotatable bonds is 4. The minimum absolute atomic E-state index is 0.0136. The van der Waals surface area contributed by atoms with Crippen molar-refractivity contribution >= 4 is 38.5 Å². The molecule has 6 nitrogen and oxygen atoms in total. The SMILES string of the molecule is O=C(c1ccc2c(c1)SC1=NS(=O)(=O)CCN12)N(Cc1cccc(F)c1)C1CC1. The zero-order valence-corrected chi connectivity index (χ0v) is 17.0. The molecule has 3 aliphatic rings. The lowest BCUT2D eigenvalue weighted by molar-refractivity contribution is 0.0729. The van der Waals surface area contributed by atoms with Crippen LogP contribution in [0.1, 0.15) is 28.8 Å². The van der Waals surface area contributed by atoms with E-state index < -0.39 is 10.0 Å². The van der Waals surface area contributed by atoms with Gasteiger partial charge in [0.15, 0.2) is 5.17 Å². The summed E-state index contributed by atoms with van der Waals surface area (Å²) in [7, 11) is -3.42. The largest absolute Gasteiger partial charge is 0.331 e. The number of sulfonamides is 1. The number of benzene rings is 2. The van der Waals surface area contributed by atoms with Crippen molar-refractivity contribution in [3.05, 3.63) is 59.4 Å². The highest BCUT2D eigenvalue weighted by Gasteiger charge is 2.36. The molecule has 5 rings (SSSR count). The summed E-state index contributed by atoms with van der Waals surface area (Å²) in [5.41, 5.74) is 2.18. The Balaban J connectivity index is 1.42. The van der Waals surface area contributed by atoms with Crippen LogP contribution in [-0.2, 0) is 16.6 Å².